The van der Waals surface area contributed by atoms with Gasteiger partial charge >= 0.3 is 0 Å². The number of methoxy groups -OCH3 is 1. The molecule has 1 saturated heterocycles. The normalized spacial score (nSPS) is 19.6. The third-order valence-corrected chi connectivity index (χ3v) is 4.94. The van der Waals surface area contributed by atoms with Crippen molar-refractivity contribution < 1.29 is 14.1 Å². The number of carbonyl (C=O) groups excluding carboxylic acids is 1. The lowest BCUT2D eigenvalue weighted by Gasteiger charge is -2.18. The molecule has 1 amide bonds. The molecule has 0 spiro atoms. The number of aryl methyl sites for hydroxylation is 1. The number of likely N-dealkylation sites (tertiary alicyclic amines) is 1. The van der Waals surface area contributed by atoms with E-state index in [1.165, 1.54) is 0 Å². The second-order valence-electron chi connectivity index (χ2n) is 6.77. The lowest BCUT2D eigenvalue weighted by atomic mass is 10.0. The largest absolute Gasteiger partial charge is 0.379 e. The maximum absolute atomic E-state index is 13.2. The zero-order chi connectivity index (χ0) is 18.8. The van der Waals surface area contributed by atoms with Crippen LogP contribution in [-0.2, 0) is 11.2 Å². The molecule has 8 heteroatoms. The molecule has 1 aliphatic heterocycles. The molecule has 0 radical (unpaired) electrons. The number of amides is 1. The first kappa shape index (κ1) is 17.4. The molecular formula is C19H21N5O3. The van der Waals surface area contributed by atoms with Gasteiger partial charge in [0.25, 0.3) is 5.91 Å². The number of benzene rings is 1. The van der Waals surface area contributed by atoms with Gasteiger partial charge in [-0.3, -0.25) is 9.36 Å². The highest BCUT2D eigenvalue weighted by Gasteiger charge is 2.37. The van der Waals surface area contributed by atoms with Crippen LogP contribution in [-0.4, -0.2) is 57.0 Å². The second kappa shape index (κ2) is 7.32. The summed E-state index contributed by atoms with van der Waals surface area (Å²) in [7, 11) is 1.68. The molecule has 27 heavy (non-hydrogen) atoms. The van der Waals surface area contributed by atoms with E-state index in [1.807, 2.05) is 42.2 Å². The molecule has 4 rings (SSSR count). The van der Waals surface area contributed by atoms with Gasteiger partial charge in [0.15, 0.2) is 0 Å². The summed E-state index contributed by atoms with van der Waals surface area (Å²) in [4.78, 5) is 15.0. The van der Waals surface area contributed by atoms with E-state index in [-0.39, 0.29) is 17.9 Å². The lowest BCUT2D eigenvalue weighted by Crippen LogP contribution is -2.30. The number of nitrogens with zero attached hydrogens (tertiary/aromatic N) is 5. The van der Waals surface area contributed by atoms with Gasteiger partial charge in [-0.25, -0.2) is 0 Å². The fourth-order valence-electron chi connectivity index (χ4n) is 3.62. The fourth-order valence-corrected chi connectivity index (χ4v) is 3.62. The Bertz CT molecular complexity index is 921. The number of para-hydroxylation sites is 1. The summed E-state index contributed by atoms with van der Waals surface area (Å²) in [5, 5.41) is 11.6. The SMILES string of the molecule is CO[C@H]1CN(C(=O)c2ccccc2-n2cnnc2)C[C@H]1Cc1cc(C)no1. The molecule has 2 atom stereocenters. The maximum Gasteiger partial charge on any atom is 0.256 e. The average molecular weight is 367 g/mol. The van der Waals surface area contributed by atoms with Gasteiger partial charge in [-0.2, -0.15) is 0 Å². The average Bonchev–Trinajstić information content (AvgIpc) is 3.43. The van der Waals surface area contributed by atoms with Crippen molar-refractivity contribution >= 4 is 5.91 Å². The molecular weight excluding hydrogens is 346 g/mol. The van der Waals surface area contributed by atoms with E-state index in [2.05, 4.69) is 15.4 Å². The Balaban J connectivity index is 1.55. The van der Waals surface area contributed by atoms with E-state index >= 15 is 0 Å². The summed E-state index contributed by atoms with van der Waals surface area (Å²) < 4.78 is 12.7. The molecule has 0 bridgehead atoms. The van der Waals surface area contributed by atoms with Crippen LogP contribution in [0.5, 0.6) is 0 Å². The maximum atomic E-state index is 13.2. The summed E-state index contributed by atoms with van der Waals surface area (Å²) in [5.74, 6) is 0.949. The van der Waals surface area contributed by atoms with Gasteiger partial charge in [-0.1, -0.05) is 17.3 Å². The molecule has 1 fully saturated rings. The lowest BCUT2D eigenvalue weighted by molar-refractivity contribution is 0.0672. The molecule has 140 valence electrons. The van der Waals surface area contributed by atoms with Crippen LogP contribution < -0.4 is 0 Å². The van der Waals surface area contributed by atoms with Crippen LogP contribution in [0.4, 0.5) is 0 Å². The smallest absolute Gasteiger partial charge is 0.256 e. The monoisotopic (exact) mass is 367 g/mol. The van der Waals surface area contributed by atoms with E-state index in [0.29, 0.717) is 25.1 Å². The quantitative estimate of drug-likeness (QED) is 0.684. The molecule has 0 N–H and O–H groups in total. The first-order valence-electron chi connectivity index (χ1n) is 8.84. The van der Waals surface area contributed by atoms with Gasteiger partial charge in [0.2, 0.25) is 0 Å². The highest BCUT2D eigenvalue weighted by molar-refractivity contribution is 5.98. The Hall–Kier alpha value is -3.00. The van der Waals surface area contributed by atoms with Crippen molar-refractivity contribution in [2.45, 2.75) is 19.4 Å². The Morgan fingerprint density at radius 1 is 1.26 bits per heavy atom. The van der Waals surface area contributed by atoms with Crippen molar-refractivity contribution in [3.8, 4) is 5.69 Å². The molecule has 0 saturated carbocycles. The molecule has 2 aromatic heterocycles. The van der Waals surface area contributed by atoms with E-state index in [4.69, 9.17) is 9.26 Å². The number of hydrogen-bond acceptors (Lipinski definition) is 6. The van der Waals surface area contributed by atoms with Crippen LogP contribution in [0.25, 0.3) is 5.69 Å². The molecule has 0 aliphatic carbocycles. The molecule has 3 heterocycles. The van der Waals surface area contributed by atoms with Crippen LogP contribution in [0.15, 0.2) is 47.5 Å². The van der Waals surface area contributed by atoms with Gasteiger partial charge < -0.3 is 14.2 Å². The van der Waals surface area contributed by atoms with Crippen molar-refractivity contribution in [1.82, 2.24) is 24.8 Å². The van der Waals surface area contributed by atoms with Gasteiger partial charge in [-0.05, 0) is 19.1 Å². The van der Waals surface area contributed by atoms with E-state index in [9.17, 15) is 4.79 Å². The minimum absolute atomic E-state index is 0.0300. The summed E-state index contributed by atoms with van der Waals surface area (Å²) in [6.45, 7) is 3.05. The van der Waals surface area contributed by atoms with Crippen LogP contribution in [0.1, 0.15) is 21.8 Å². The first-order valence-corrected chi connectivity index (χ1v) is 8.84. The predicted octanol–water partition coefficient (Wildman–Crippen LogP) is 1.89. The Kier molecular flexibility index (Phi) is 4.72. The summed E-state index contributed by atoms with van der Waals surface area (Å²) in [6, 6.07) is 9.39. The highest BCUT2D eigenvalue weighted by atomic mass is 16.5. The van der Waals surface area contributed by atoms with E-state index in [1.54, 1.807) is 24.3 Å². The van der Waals surface area contributed by atoms with E-state index in [0.717, 1.165) is 17.1 Å². The Labute approximate surface area is 156 Å². The minimum Gasteiger partial charge on any atom is -0.379 e. The van der Waals surface area contributed by atoms with E-state index < -0.39 is 0 Å². The van der Waals surface area contributed by atoms with Gasteiger partial charge in [0.05, 0.1) is 23.0 Å². The van der Waals surface area contributed by atoms with Crippen LogP contribution >= 0.6 is 0 Å². The molecule has 3 aromatic rings. The zero-order valence-corrected chi connectivity index (χ0v) is 15.3. The summed E-state index contributed by atoms with van der Waals surface area (Å²) in [5.41, 5.74) is 2.23. The predicted molar refractivity (Wildman–Crippen MR) is 96.5 cm³/mol. The van der Waals surface area contributed by atoms with Crippen molar-refractivity contribution in [3.63, 3.8) is 0 Å². The van der Waals surface area contributed by atoms with Gasteiger partial charge in [0, 0.05) is 38.6 Å². The van der Waals surface area contributed by atoms with Gasteiger partial charge in [0.1, 0.15) is 18.4 Å². The first-order chi connectivity index (χ1) is 13.2. The zero-order valence-electron chi connectivity index (χ0n) is 15.3. The Morgan fingerprint density at radius 2 is 2.04 bits per heavy atom. The van der Waals surface area contributed by atoms with Crippen molar-refractivity contribution in [2.24, 2.45) is 5.92 Å². The van der Waals surface area contributed by atoms with Crippen molar-refractivity contribution in [1.29, 1.82) is 0 Å². The van der Waals surface area contributed by atoms with Crippen LogP contribution in [0.3, 0.4) is 0 Å². The number of ether oxygens (including phenoxy) is 1. The standard InChI is InChI=1S/C19H21N5O3/c1-13-7-15(27-22-13)8-14-9-23(10-18(14)26-2)19(25)16-5-3-4-6-17(16)24-11-20-21-12-24/h3-7,11-12,14,18H,8-10H2,1-2H3/t14-,18+/m1/s1. The number of carbonyl (C=O) groups is 1. The van der Waals surface area contributed by atoms with Crippen molar-refractivity contribution in [2.75, 3.05) is 20.2 Å². The summed E-state index contributed by atoms with van der Waals surface area (Å²) >= 11 is 0. The third-order valence-electron chi connectivity index (χ3n) is 4.94. The molecule has 0 unspecified atom stereocenters. The third kappa shape index (κ3) is 3.48. The number of hydrogen-bond donors (Lipinski definition) is 0. The topological polar surface area (TPSA) is 86.3 Å². The van der Waals surface area contributed by atoms with Crippen LogP contribution in [0, 0.1) is 12.8 Å². The van der Waals surface area contributed by atoms with Crippen molar-refractivity contribution in [3.05, 3.63) is 60.0 Å². The molecule has 1 aromatic carbocycles. The summed E-state index contributed by atoms with van der Waals surface area (Å²) in [6.07, 6.45) is 3.82. The van der Waals surface area contributed by atoms with Crippen LogP contribution in [0.2, 0.25) is 0 Å². The van der Waals surface area contributed by atoms with Gasteiger partial charge in [-0.15, -0.1) is 10.2 Å². The number of aromatic nitrogens is 4. The minimum atomic E-state index is -0.0403. The highest BCUT2D eigenvalue weighted by Crippen LogP contribution is 2.26. The second-order valence-corrected chi connectivity index (χ2v) is 6.77. The Morgan fingerprint density at radius 3 is 2.74 bits per heavy atom. The molecule has 8 nitrogen and oxygen atoms in total. The number of rotatable bonds is 5. The fraction of sp³-hybridized carbons (Fsp3) is 0.368. The molecule has 1 aliphatic rings.